The number of carbonyl (C=O) groups excluding carboxylic acids is 2. The zero-order valence-corrected chi connectivity index (χ0v) is 13.5. The molecule has 3 rings (SSSR count). The molecule has 1 aliphatic rings. The topological polar surface area (TPSA) is 45.6 Å². The molecular weight excluding hydrogens is 290 g/mol. The van der Waals surface area contributed by atoms with Crippen LogP contribution < -0.4 is 4.90 Å². The van der Waals surface area contributed by atoms with Gasteiger partial charge in [0.05, 0.1) is 0 Å². The van der Waals surface area contributed by atoms with Crippen molar-refractivity contribution in [3.8, 4) is 0 Å². The molecule has 0 spiro atoms. The number of rotatable bonds is 3. The lowest BCUT2D eigenvalue weighted by molar-refractivity contribution is 0.0737. The van der Waals surface area contributed by atoms with E-state index in [1.54, 1.807) is 10.6 Å². The minimum atomic E-state index is -0.00332. The quantitative estimate of drug-likeness (QED) is 0.816. The van der Waals surface area contributed by atoms with Gasteiger partial charge < -0.3 is 14.4 Å². The zero-order chi connectivity index (χ0) is 16.4. The summed E-state index contributed by atoms with van der Waals surface area (Å²) in [6.07, 6.45) is 0.805. The Balaban J connectivity index is 1.70. The first-order valence-corrected chi connectivity index (χ1v) is 7.82. The highest BCUT2D eigenvalue weighted by molar-refractivity contribution is 5.95. The predicted octanol–water partition coefficient (Wildman–Crippen LogP) is 2.11. The Morgan fingerprint density at radius 3 is 2.30 bits per heavy atom. The van der Waals surface area contributed by atoms with Crippen LogP contribution in [0.25, 0.3) is 0 Å². The Bertz CT molecular complexity index is 713. The third-order valence-electron chi connectivity index (χ3n) is 4.61. The summed E-state index contributed by atoms with van der Waals surface area (Å²) in [5.74, 6) is -0.00332. The summed E-state index contributed by atoms with van der Waals surface area (Å²) in [4.78, 5) is 27.9. The lowest BCUT2D eigenvalue weighted by Crippen LogP contribution is -2.49. The van der Waals surface area contributed by atoms with Crippen LogP contribution >= 0.6 is 0 Å². The van der Waals surface area contributed by atoms with Crippen molar-refractivity contribution < 1.29 is 9.59 Å². The van der Waals surface area contributed by atoms with Crippen molar-refractivity contribution in [3.63, 3.8) is 0 Å². The Hall–Kier alpha value is -2.56. The van der Waals surface area contributed by atoms with Gasteiger partial charge in [-0.1, -0.05) is 18.2 Å². The van der Waals surface area contributed by atoms with Gasteiger partial charge in [0.15, 0.2) is 6.29 Å². The van der Waals surface area contributed by atoms with E-state index in [1.807, 2.05) is 37.1 Å². The maximum atomic E-state index is 12.7. The number of hydrogen-bond donors (Lipinski definition) is 0. The van der Waals surface area contributed by atoms with E-state index in [9.17, 15) is 9.59 Å². The number of benzene rings is 1. The zero-order valence-electron chi connectivity index (χ0n) is 13.5. The van der Waals surface area contributed by atoms with E-state index in [2.05, 4.69) is 17.0 Å². The van der Waals surface area contributed by atoms with E-state index in [-0.39, 0.29) is 5.91 Å². The average molecular weight is 311 g/mol. The van der Waals surface area contributed by atoms with Crippen LogP contribution in [0.15, 0.2) is 36.4 Å². The number of anilines is 1. The Kier molecular flexibility index (Phi) is 4.19. The van der Waals surface area contributed by atoms with Gasteiger partial charge in [-0.3, -0.25) is 9.59 Å². The molecule has 0 unspecified atom stereocenters. The van der Waals surface area contributed by atoms with Crippen LogP contribution in [0, 0.1) is 6.92 Å². The van der Waals surface area contributed by atoms with Crippen molar-refractivity contribution >= 4 is 17.9 Å². The molecule has 2 heterocycles. The Morgan fingerprint density at radius 1 is 1.09 bits per heavy atom. The largest absolute Gasteiger partial charge is 0.368 e. The molecule has 1 fully saturated rings. The average Bonchev–Trinajstić information content (AvgIpc) is 2.90. The van der Waals surface area contributed by atoms with Gasteiger partial charge in [-0.05, 0) is 25.1 Å². The minimum absolute atomic E-state index is 0.00332. The first-order chi connectivity index (χ1) is 11.1. The molecule has 0 N–H and O–H groups in total. The second-order valence-electron chi connectivity index (χ2n) is 5.86. The van der Waals surface area contributed by atoms with E-state index in [4.69, 9.17) is 0 Å². The minimum Gasteiger partial charge on any atom is -0.368 e. The van der Waals surface area contributed by atoms with Gasteiger partial charge in [-0.25, -0.2) is 0 Å². The van der Waals surface area contributed by atoms with Crippen LogP contribution in [-0.2, 0) is 7.05 Å². The van der Waals surface area contributed by atoms with Gasteiger partial charge in [0, 0.05) is 50.2 Å². The molecule has 1 amide bonds. The first-order valence-electron chi connectivity index (χ1n) is 7.82. The number of aromatic nitrogens is 1. The van der Waals surface area contributed by atoms with Crippen molar-refractivity contribution in [1.82, 2.24) is 9.47 Å². The van der Waals surface area contributed by atoms with Crippen molar-refractivity contribution in [2.24, 2.45) is 7.05 Å². The third-order valence-corrected chi connectivity index (χ3v) is 4.61. The summed E-state index contributed by atoms with van der Waals surface area (Å²) in [6, 6.07) is 11.9. The van der Waals surface area contributed by atoms with Crippen LogP contribution in [0.1, 0.15) is 26.5 Å². The van der Waals surface area contributed by atoms with Gasteiger partial charge >= 0.3 is 0 Å². The summed E-state index contributed by atoms with van der Waals surface area (Å²) >= 11 is 0. The van der Waals surface area contributed by atoms with E-state index >= 15 is 0 Å². The monoisotopic (exact) mass is 311 g/mol. The molecule has 1 aliphatic heterocycles. The first kappa shape index (κ1) is 15.3. The SMILES string of the molecule is Cc1c(C=O)cc(C(=O)N2CCN(c3ccccc3)CC2)n1C. The molecule has 1 aromatic carbocycles. The Labute approximate surface area is 136 Å². The van der Waals surface area contributed by atoms with Gasteiger partial charge in [-0.2, -0.15) is 0 Å². The van der Waals surface area contributed by atoms with Gasteiger partial charge in [-0.15, -0.1) is 0 Å². The molecule has 0 atom stereocenters. The predicted molar refractivity (Wildman–Crippen MR) is 90.1 cm³/mol. The molecule has 0 saturated carbocycles. The lowest BCUT2D eigenvalue weighted by Gasteiger charge is -2.36. The normalized spacial score (nSPS) is 14.9. The van der Waals surface area contributed by atoms with Crippen LogP contribution in [0.5, 0.6) is 0 Å². The summed E-state index contributed by atoms with van der Waals surface area (Å²) in [5, 5.41) is 0. The molecule has 23 heavy (non-hydrogen) atoms. The number of amides is 1. The molecule has 0 radical (unpaired) electrons. The van der Waals surface area contributed by atoms with Crippen molar-refractivity contribution in [2.75, 3.05) is 31.1 Å². The van der Waals surface area contributed by atoms with Crippen molar-refractivity contribution in [1.29, 1.82) is 0 Å². The van der Waals surface area contributed by atoms with Crippen LogP contribution in [0.2, 0.25) is 0 Å². The highest BCUT2D eigenvalue weighted by Crippen LogP contribution is 2.18. The maximum Gasteiger partial charge on any atom is 0.270 e. The highest BCUT2D eigenvalue weighted by atomic mass is 16.2. The van der Waals surface area contributed by atoms with E-state index < -0.39 is 0 Å². The third kappa shape index (κ3) is 2.86. The standard InChI is InChI=1S/C18H21N3O2/c1-14-15(13-22)12-17(19(14)2)18(23)21-10-8-20(9-11-21)16-6-4-3-5-7-16/h3-7,12-13H,8-11H2,1-2H3. The van der Waals surface area contributed by atoms with Gasteiger partial charge in [0.2, 0.25) is 0 Å². The smallest absolute Gasteiger partial charge is 0.270 e. The highest BCUT2D eigenvalue weighted by Gasteiger charge is 2.25. The molecule has 120 valence electrons. The number of hydrogen-bond acceptors (Lipinski definition) is 3. The lowest BCUT2D eigenvalue weighted by atomic mass is 10.2. The molecular formula is C18H21N3O2. The molecule has 5 nitrogen and oxygen atoms in total. The van der Waals surface area contributed by atoms with Crippen molar-refractivity contribution in [3.05, 3.63) is 53.3 Å². The summed E-state index contributed by atoms with van der Waals surface area (Å²) in [6.45, 7) is 4.87. The summed E-state index contributed by atoms with van der Waals surface area (Å²) in [5.41, 5.74) is 3.18. The fourth-order valence-electron chi connectivity index (χ4n) is 3.02. The van der Waals surface area contributed by atoms with Crippen LogP contribution in [0.4, 0.5) is 5.69 Å². The fraction of sp³-hybridized carbons (Fsp3) is 0.333. The number of nitrogens with zero attached hydrogens (tertiary/aromatic N) is 3. The van der Waals surface area contributed by atoms with E-state index in [0.29, 0.717) is 24.3 Å². The number of carbonyl (C=O) groups is 2. The summed E-state index contributed by atoms with van der Waals surface area (Å²) in [7, 11) is 1.83. The molecule has 0 bridgehead atoms. The van der Waals surface area contributed by atoms with Gasteiger partial charge in [0.1, 0.15) is 5.69 Å². The fourth-order valence-corrected chi connectivity index (χ4v) is 3.02. The number of para-hydroxylation sites is 1. The molecule has 1 aromatic heterocycles. The molecule has 2 aromatic rings. The Morgan fingerprint density at radius 2 is 1.74 bits per heavy atom. The van der Waals surface area contributed by atoms with Crippen LogP contribution in [-0.4, -0.2) is 47.8 Å². The molecule has 1 saturated heterocycles. The van der Waals surface area contributed by atoms with Gasteiger partial charge in [0.25, 0.3) is 5.91 Å². The van der Waals surface area contributed by atoms with Crippen LogP contribution in [0.3, 0.4) is 0 Å². The second kappa shape index (κ2) is 6.28. The summed E-state index contributed by atoms with van der Waals surface area (Å²) < 4.78 is 1.80. The van der Waals surface area contributed by atoms with Crippen molar-refractivity contribution in [2.45, 2.75) is 6.92 Å². The second-order valence-corrected chi connectivity index (χ2v) is 5.86. The maximum absolute atomic E-state index is 12.7. The molecule has 0 aliphatic carbocycles. The van der Waals surface area contributed by atoms with E-state index in [0.717, 1.165) is 25.1 Å². The molecule has 5 heteroatoms. The van der Waals surface area contributed by atoms with E-state index in [1.165, 1.54) is 5.69 Å². The number of piperazine rings is 1. The number of aldehydes is 1.